The van der Waals surface area contributed by atoms with Gasteiger partial charge in [-0.1, -0.05) is 41.4 Å². The first-order valence-corrected chi connectivity index (χ1v) is 9.68. The summed E-state index contributed by atoms with van der Waals surface area (Å²) in [6, 6.07) is 14.1. The van der Waals surface area contributed by atoms with Gasteiger partial charge in [0.2, 0.25) is 5.91 Å². The van der Waals surface area contributed by atoms with E-state index in [4.69, 9.17) is 16.3 Å². The Morgan fingerprint density at radius 2 is 1.79 bits per heavy atom. The SMILES string of the molecule is Cc1ccc(OCC(=O)N(Cc2cccc(Cl)c2)C(C)C(=O)NC(C)C)cc1. The van der Waals surface area contributed by atoms with Crippen LogP contribution in [0.15, 0.2) is 48.5 Å². The molecule has 5 nitrogen and oxygen atoms in total. The molecule has 1 unspecified atom stereocenters. The van der Waals surface area contributed by atoms with E-state index in [1.54, 1.807) is 19.1 Å². The zero-order valence-electron chi connectivity index (χ0n) is 16.7. The topological polar surface area (TPSA) is 58.6 Å². The predicted octanol–water partition coefficient (Wildman–Crippen LogP) is 3.97. The Morgan fingerprint density at radius 3 is 2.39 bits per heavy atom. The van der Waals surface area contributed by atoms with Gasteiger partial charge in [0.25, 0.3) is 5.91 Å². The molecule has 0 heterocycles. The molecule has 1 atom stereocenters. The fourth-order valence-corrected chi connectivity index (χ4v) is 2.90. The molecular formula is C22H27ClN2O3. The van der Waals surface area contributed by atoms with Crippen molar-refractivity contribution in [2.75, 3.05) is 6.61 Å². The number of carbonyl (C=O) groups is 2. The molecule has 2 rings (SSSR count). The number of ether oxygens (including phenoxy) is 1. The second-order valence-corrected chi connectivity index (χ2v) is 7.53. The second kappa shape index (κ2) is 10.1. The lowest BCUT2D eigenvalue weighted by atomic mass is 10.1. The zero-order valence-corrected chi connectivity index (χ0v) is 17.5. The van der Waals surface area contributed by atoms with Gasteiger partial charge in [0.15, 0.2) is 6.61 Å². The summed E-state index contributed by atoms with van der Waals surface area (Å²) in [5.41, 5.74) is 1.96. The Bertz CT molecular complexity index is 806. The van der Waals surface area contributed by atoms with Crippen LogP contribution in [0, 0.1) is 6.92 Å². The van der Waals surface area contributed by atoms with Gasteiger partial charge in [0, 0.05) is 17.6 Å². The van der Waals surface area contributed by atoms with Crippen molar-refractivity contribution in [2.24, 2.45) is 0 Å². The number of halogens is 1. The Balaban J connectivity index is 2.14. The van der Waals surface area contributed by atoms with Crippen molar-refractivity contribution in [3.05, 3.63) is 64.7 Å². The number of amides is 2. The van der Waals surface area contributed by atoms with Crippen LogP contribution in [0.1, 0.15) is 31.9 Å². The van der Waals surface area contributed by atoms with Crippen LogP contribution in [-0.4, -0.2) is 35.4 Å². The Hall–Kier alpha value is -2.53. The first-order chi connectivity index (χ1) is 13.3. The molecule has 0 aliphatic carbocycles. The highest BCUT2D eigenvalue weighted by atomic mass is 35.5. The van der Waals surface area contributed by atoms with Crippen molar-refractivity contribution in [3.8, 4) is 5.75 Å². The van der Waals surface area contributed by atoms with E-state index < -0.39 is 6.04 Å². The van der Waals surface area contributed by atoms with Crippen molar-refractivity contribution in [1.29, 1.82) is 0 Å². The van der Waals surface area contributed by atoms with Gasteiger partial charge in [-0.05, 0) is 57.5 Å². The lowest BCUT2D eigenvalue weighted by molar-refractivity contribution is -0.142. The van der Waals surface area contributed by atoms with Gasteiger partial charge in [0.05, 0.1) is 0 Å². The molecule has 0 spiro atoms. The van der Waals surface area contributed by atoms with Gasteiger partial charge in [-0.15, -0.1) is 0 Å². The Labute approximate surface area is 171 Å². The van der Waals surface area contributed by atoms with E-state index in [-0.39, 0.29) is 31.0 Å². The van der Waals surface area contributed by atoms with Crippen LogP contribution >= 0.6 is 11.6 Å². The molecule has 0 aromatic heterocycles. The summed E-state index contributed by atoms with van der Waals surface area (Å²) in [6.07, 6.45) is 0. The molecule has 0 radical (unpaired) electrons. The molecule has 6 heteroatoms. The van der Waals surface area contributed by atoms with E-state index in [2.05, 4.69) is 5.32 Å². The molecule has 2 amide bonds. The molecule has 0 fully saturated rings. The number of nitrogens with one attached hydrogen (secondary N) is 1. The average molecular weight is 403 g/mol. The summed E-state index contributed by atoms with van der Waals surface area (Å²) in [5.74, 6) is 0.133. The maximum atomic E-state index is 12.9. The second-order valence-electron chi connectivity index (χ2n) is 7.09. The van der Waals surface area contributed by atoms with Gasteiger partial charge in [-0.3, -0.25) is 9.59 Å². The third kappa shape index (κ3) is 6.57. The fourth-order valence-electron chi connectivity index (χ4n) is 2.68. The van der Waals surface area contributed by atoms with E-state index in [1.165, 1.54) is 4.90 Å². The van der Waals surface area contributed by atoms with Crippen molar-refractivity contribution in [2.45, 2.75) is 46.3 Å². The lowest BCUT2D eigenvalue weighted by Crippen LogP contribution is -2.50. The van der Waals surface area contributed by atoms with E-state index in [0.717, 1.165) is 11.1 Å². The van der Waals surface area contributed by atoms with Crippen LogP contribution < -0.4 is 10.1 Å². The summed E-state index contributed by atoms with van der Waals surface area (Å²) in [5, 5.41) is 3.44. The molecule has 0 aliphatic heterocycles. The van der Waals surface area contributed by atoms with Gasteiger partial charge >= 0.3 is 0 Å². The lowest BCUT2D eigenvalue weighted by Gasteiger charge is -2.29. The predicted molar refractivity (Wildman–Crippen MR) is 111 cm³/mol. The zero-order chi connectivity index (χ0) is 20.7. The standard InChI is InChI=1S/C22H27ClN2O3/c1-15(2)24-22(27)17(4)25(13-18-6-5-7-19(23)12-18)21(26)14-28-20-10-8-16(3)9-11-20/h5-12,15,17H,13-14H2,1-4H3,(H,24,27). The van der Waals surface area contributed by atoms with Gasteiger partial charge in [-0.2, -0.15) is 0 Å². The van der Waals surface area contributed by atoms with Crippen LogP contribution in [0.2, 0.25) is 5.02 Å². The Morgan fingerprint density at radius 1 is 1.11 bits per heavy atom. The van der Waals surface area contributed by atoms with Gasteiger partial charge in [-0.25, -0.2) is 0 Å². The number of hydrogen-bond donors (Lipinski definition) is 1. The minimum Gasteiger partial charge on any atom is -0.484 e. The van der Waals surface area contributed by atoms with Crippen LogP contribution in [-0.2, 0) is 16.1 Å². The first kappa shape index (κ1) is 21.8. The number of aryl methyl sites for hydroxylation is 1. The van der Waals surface area contributed by atoms with E-state index in [0.29, 0.717) is 10.8 Å². The van der Waals surface area contributed by atoms with E-state index in [1.807, 2.05) is 57.2 Å². The molecule has 0 bridgehead atoms. The number of benzene rings is 2. The summed E-state index contributed by atoms with van der Waals surface area (Å²) in [6.45, 7) is 7.58. The molecule has 2 aromatic carbocycles. The van der Waals surface area contributed by atoms with Gasteiger partial charge < -0.3 is 15.0 Å². The van der Waals surface area contributed by atoms with Crippen molar-refractivity contribution < 1.29 is 14.3 Å². The van der Waals surface area contributed by atoms with Crippen molar-refractivity contribution >= 4 is 23.4 Å². The van der Waals surface area contributed by atoms with Gasteiger partial charge in [0.1, 0.15) is 11.8 Å². The highest BCUT2D eigenvalue weighted by molar-refractivity contribution is 6.30. The third-order valence-electron chi connectivity index (χ3n) is 4.22. The van der Waals surface area contributed by atoms with Crippen LogP contribution in [0.3, 0.4) is 0 Å². The monoisotopic (exact) mass is 402 g/mol. The highest BCUT2D eigenvalue weighted by Crippen LogP contribution is 2.16. The summed E-state index contributed by atoms with van der Waals surface area (Å²) in [7, 11) is 0. The van der Waals surface area contributed by atoms with E-state index >= 15 is 0 Å². The first-order valence-electron chi connectivity index (χ1n) is 9.30. The fraction of sp³-hybridized carbons (Fsp3) is 0.364. The molecule has 150 valence electrons. The maximum Gasteiger partial charge on any atom is 0.261 e. The number of hydrogen-bond acceptors (Lipinski definition) is 3. The third-order valence-corrected chi connectivity index (χ3v) is 4.46. The number of carbonyl (C=O) groups excluding carboxylic acids is 2. The molecule has 28 heavy (non-hydrogen) atoms. The Kier molecular flexibility index (Phi) is 7.88. The molecule has 2 aromatic rings. The largest absolute Gasteiger partial charge is 0.484 e. The molecule has 0 saturated heterocycles. The number of rotatable bonds is 8. The molecule has 0 aliphatic rings. The summed E-state index contributed by atoms with van der Waals surface area (Å²) < 4.78 is 5.63. The summed E-state index contributed by atoms with van der Waals surface area (Å²) in [4.78, 5) is 26.9. The quantitative estimate of drug-likeness (QED) is 0.726. The maximum absolute atomic E-state index is 12.9. The molecular weight excluding hydrogens is 376 g/mol. The van der Waals surface area contributed by atoms with E-state index in [9.17, 15) is 9.59 Å². The number of nitrogens with zero attached hydrogens (tertiary/aromatic N) is 1. The van der Waals surface area contributed by atoms with Crippen LogP contribution in [0.4, 0.5) is 0 Å². The average Bonchev–Trinajstić information content (AvgIpc) is 2.64. The van der Waals surface area contributed by atoms with Crippen molar-refractivity contribution in [1.82, 2.24) is 10.2 Å². The van der Waals surface area contributed by atoms with Crippen LogP contribution in [0.25, 0.3) is 0 Å². The minimum atomic E-state index is -0.643. The summed E-state index contributed by atoms with van der Waals surface area (Å²) >= 11 is 6.07. The molecule has 1 N–H and O–H groups in total. The van der Waals surface area contributed by atoms with Crippen molar-refractivity contribution in [3.63, 3.8) is 0 Å². The smallest absolute Gasteiger partial charge is 0.261 e. The minimum absolute atomic E-state index is 0.0121. The highest BCUT2D eigenvalue weighted by Gasteiger charge is 2.26. The molecule has 0 saturated carbocycles. The normalized spacial score (nSPS) is 11.8. The van der Waals surface area contributed by atoms with Crippen LogP contribution in [0.5, 0.6) is 5.75 Å².